The third-order valence-corrected chi connectivity index (χ3v) is 7.18. The Morgan fingerprint density at radius 1 is 1.21 bits per heavy atom. The number of carbonyl (C=O) groups excluding carboxylic acids is 1. The molecule has 1 heterocycles. The molecule has 4 nitrogen and oxygen atoms in total. The molecule has 5 heteroatoms. The van der Waals surface area contributed by atoms with E-state index >= 15 is 0 Å². The van der Waals surface area contributed by atoms with Crippen molar-refractivity contribution in [3.8, 4) is 0 Å². The highest BCUT2D eigenvalue weighted by molar-refractivity contribution is 7.91. The van der Waals surface area contributed by atoms with Crippen LogP contribution in [0, 0.1) is 23.7 Å². The highest BCUT2D eigenvalue weighted by Crippen LogP contribution is 2.49. The zero-order valence-electron chi connectivity index (χ0n) is 11.5. The second-order valence-corrected chi connectivity index (χ2v) is 8.96. The quantitative estimate of drug-likeness (QED) is 0.851. The van der Waals surface area contributed by atoms with Gasteiger partial charge in [-0.2, -0.15) is 0 Å². The molecule has 5 atom stereocenters. The summed E-state index contributed by atoms with van der Waals surface area (Å²) in [5.41, 5.74) is 0. The van der Waals surface area contributed by atoms with Gasteiger partial charge in [0.1, 0.15) is 0 Å². The van der Waals surface area contributed by atoms with Gasteiger partial charge in [0.2, 0.25) is 5.91 Å². The Hall–Kier alpha value is -0.580. The lowest BCUT2D eigenvalue weighted by molar-refractivity contribution is -0.125. The zero-order chi connectivity index (χ0) is 13.6. The summed E-state index contributed by atoms with van der Waals surface area (Å²) < 4.78 is 22.8. The monoisotopic (exact) mass is 285 g/mol. The van der Waals surface area contributed by atoms with Crippen LogP contribution in [-0.4, -0.2) is 31.9 Å². The molecule has 19 heavy (non-hydrogen) atoms. The second-order valence-electron chi connectivity index (χ2n) is 6.74. The van der Waals surface area contributed by atoms with Gasteiger partial charge in [0.05, 0.1) is 17.4 Å². The van der Waals surface area contributed by atoms with Gasteiger partial charge in [0, 0.05) is 6.04 Å². The molecule has 1 N–H and O–H groups in total. The van der Waals surface area contributed by atoms with Gasteiger partial charge in [-0.15, -0.1) is 0 Å². The van der Waals surface area contributed by atoms with E-state index in [1.807, 2.05) is 0 Å². The lowest BCUT2D eigenvalue weighted by Gasteiger charge is -2.29. The highest BCUT2D eigenvalue weighted by Gasteiger charge is 2.43. The summed E-state index contributed by atoms with van der Waals surface area (Å²) >= 11 is 0. The molecule has 3 rings (SSSR count). The van der Waals surface area contributed by atoms with Gasteiger partial charge in [-0.25, -0.2) is 8.42 Å². The van der Waals surface area contributed by atoms with Crippen molar-refractivity contribution in [3.05, 3.63) is 0 Å². The van der Waals surface area contributed by atoms with Gasteiger partial charge in [-0.1, -0.05) is 6.42 Å². The van der Waals surface area contributed by atoms with Gasteiger partial charge < -0.3 is 5.32 Å². The van der Waals surface area contributed by atoms with E-state index in [-0.39, 0.29) is 29.4 Å². The first-order chi connectivity index (χ1) is 8.94. The first kappa shape index (κ1) is 13.4. The molecular weight excluding hydrogens is 262 g/mol. The van der Waals surface area contributed by atoms with E-state index in [1.54, 1.807) is 0 Å². The predicted octanol–water partition coefficient (Wildman–Crippen LogP) is 1.36. The Balaban J connectivity index is 1.55. The largest absolute Gasteiger partial charge is 0.353 e. The molecule has 2 saturated carbocycles. The van der Waals surface area contributed by atoms with Crippen LogP contribution in [-0.2, 0) is 14.6 Å². The Labute approximate surface area is 115 Å². The van der Waals surface area contributed by atoms with E-state index in [9.17, 15) is 13.2 Å². The van der Waals surface area contributed by atoms with E-state index in [0.29, 0.717) is 12.3 Å². The normalized spacial score (nSPS) is 41.3. The van der Waals surface area contributed by atoms with Crippen molar-refractivity contribution in [3.63, 3.8) is 0 Å². The molecule has 3 fully saturated rings. The van der Waals surface area contributed by atoms with E-state index in [2.05, 4.69) is 12.2 Å². The lowest BCUT2D eigenvalue weighted by Crippen LogP contribution is -2.43. The number of hydrogen-bond acceptors (Lipinski definition) is 3. The molecule has 1 aliphatic heterocycles. The SMILES string of the molecule is C[C@H](NC(=O)[C@@H]1CCS(=O)(=O)C1)[C@H]1C[C@H]2CC[C@H]1C2. The Morgan fingerprint density at radius 3 is 2.53 bits per heavy atom. The number of sulfone groups is 1. The minimum Gasteiger partial charge on any atom is -0.353 e. The summed E-state index contributed by atoms with van der Waals surface area (Å²) in [6.45, 7) is 2.09. The number of rotatable bonds is 3. The molecule has 0 aromatic heterocycles. The smallest absolute Gasteiger partial charge is 0.224 e. The van der Waals surface area contributed by atoms with Crippen molar-refractivity contribution in [1.82, 2.24) is 5.32 Å². The average Bonchev–Trinajstić information content (AvgIpc) is 3.02. The van der Waals surface area contributed by atoms with Crippen LogP contribution in [0.1, 0.15) is 39.0 Å². The standard InChI is InChI=1S/C14H23NO3S/c1-9(13-7-10-2-3-11(13)6-10)15-14(16)12-4-5-19(17,18)8-12/h9-13H,2-8H2,1H3,(H,15,16)/t9-,10-,11-,12+,13+/m0/s1. The molecule has 0 radical (unpaired) electrons. The maximum absolute atomic E-state index is 12.1. The molecule has 0 aromatic carbocycles. The van der Waals surface area contributed by atoms with E-state index in [0.717, 1.165) is 11.8 Å². The van der Waals surface area contributed by atoms with Crippen molar-refractivity contribution in [1.29, 1.82) is 0 Å². The van der Waals surface area contributed by atoms with Gasteiger partial charge in [-0.05, 0) is 50.4 Å². The number of nitrogens with one attached hydrogen (secondary N) is 1. The highest BCUT2D eigenvalue weighted by atomic mass is 32.2. The molecule has 2 bridgehead atoms. The Kier molecular flexibility index (Phi) is 3.36. The molecule has 0 spiro atoms. The minimum atomic E-state index is -2.96. The van der Waals surface area contributed by atoms with Crippen LogP contribution in [0.2, 0.25) is 0 Å². The molecule has 0 unspecified atom stereocenters. The molecule has 2 aliphatic carbocycles. The molecule has 0 aromatic rings. The van der Waals surface area contributed by atoms with Crippen molar-refractivity contribution in [2.24, 2.45) is 23.7 Å². The Morgan fingerprint density at radius 2 is 2.00 bits per heavy atom. The van der Waals surface area contributed by atoms with Crippen molar-refractivity contribution in [2.75, 3.05) is 11.5 Å². The molecule has 1 amide bonds. The van der Waals surface area contributed by atoms with Crippen LogP contribution in [0.25, 0.3) is 0 Å². The van der Waals surface area contributed by atoms with E-state index < -0.39 is 9.84 Å². The number of carbonyl (C=O) groups is 1. The fraction of sp³-hybridized carbons (Fsp3) is 0.929. The fourth-order valence-corrected chi connectivity index (χ4v) is 6.10. The fourth-order valence-electron chi connectivity index (χ4n) is 4.36. The molecule has 108 valence electrons. The summed E-state index contributed by atoms with van der Waals surface area (Å²) in [6, 6.07) is 0.200. The van der Waals surface area contributed by atoms with Gasteiger partial charge in [0.25, 0.3) is 0 Å². The van der Waals surface area contributed by atoms with Crippen LogP contribution >= 0.6 is 0 Å². The first-order valence-corrected chi connectivity index (χ1v) is 9.27. The van der Waals surface area contributed by atoms with Crippen molar-refractivity contribution >= 4 is 15.7 Å². The second kappa shape index (κ2) is 4.76. The van der Waals surface area contributed by atoms with Gasteiger partial charge >= 0.3 is 0 Å². The number of amides is 1. The topological polar surface area (TPSA) is 63.2 Å². The predicted molar refractivity (Wildman–Crippen MR) is 73.3 cm³/mol. The van der Waals surface area contributed by atoms with Crippen LogP contribution in [0.5, 0.6) is 0 Å². The van der Waals surface area contributed by atoms with E-state index in [1.165, 1.54) is 25.7 Å². The Bertz CT molecular complexity index is 473. The molecule has 3 aliphatic rings. The average molecular weight is 285 g/mol. The van der Waals surface area contributed by atoms with Crippen LogP contribution in [0.4, 0.5) is 0 Å². The number of fused-ring (bicyclic) bond motifs is 2. The minimum absolute atomic E-state index is 0.0439. The van der Waals surface area contributed by atoms with Crippen LogP contribution in [0.15, 0.2) is 0 Å². The molecular formula is C14H23NO3S. The zero-order valence-corrected chi connectivity index (χ0v) is 12.3. The lowest BCUT2D eigenvalue weighted by atomic mass is 9.84. The maximum Gasteiger partial charge on any atom is 0.224 e. The third-order valence-electron chi connectivity index (χ3n) is 5.41. The van der Waals surface area contributed by atoms with Gasteiger partial charge in [0.15, 0.2) is 9.84 Å². The summed E-state index contributed by atoms with van der Waals surface area (Å²) in [6.07, 6.45) is 5.76. The summed E-state index contributed by atoms with van der Waals surface area (Å²) in [5.74, 6) is 2.13. The van der Waals surface area contributed by atoms with Crippen molar-refractivity contribution < 1.29 is 13.2 Å². The summed E-state index contributed by atoms with van der Waals surface area (Å²) in [7, 11) is -2.96. The van der Waals surface area contributed by atoms with Crippen LogP contribution in [0.3, 0.4) is 0 Å². The third kappa shape index (κ3) is 2.67. The van der Waals surface area contributed by atoms with E-state index in [4.69, 9.17) is 0 Å². The maximum atomic E-state index is 12.1. The summed E-state index contributed by atoms with van der Waals surface area (Å²) in [4.78, 5) is 12.1. The first-order valence-electron chi connectivity index (χ1n) is 7.45. The van der Waals surface area contributed by atoms with Gasteiger partial charge in [-0.3, -0.25) is 4.79 Å². The van der Waals surface area contributed by atoms with Crippen LogP contribution < -0.4 is 5.32 Å². The molecule has 1 saturated heterocycles. The summed E-state index contributed by atoms with van der Waals surface area (Å²) in [5, 5.41) is 3.08. The van der Waals surface area contributed by atoms with Crippen molar-refractivity contribution in [2.45, 2.75) is 45.1 Å². The number of hydrogen-bond donors (Lipinski definition) is 1.